The van der Waals surface area contributed by atoms with Gasteiger partial charge in [-0.15, -0.1) is 0 Å². The Kier molecular flexibility index (Phi) is 6.33. The number of fused-ring (bicyclic) bond motifs is 1. The van der Waals surface area contributed by atoms with Gasteiger partial charge < -0.3 is 14.8 Å². The number of methoxy groups -OCH3 is 1. The zero-order valence-electron chi connectivity index (χ0n) is 17.4. The topological polar surface area (TPSA) is 79.4 Å². The van der Waals surface area contributed by atoms with Gasteiger partial charge in [-0.05, 0) is 60.7 Å². The fourth-order valence-corrected chi connectivity index (χ4v) is 4.62. The average molecular weight is 506 g/mol. The largest absolute Gasteiger partial charge is 0.496 e. The second-order valence-corrected chi connectivity index (χ2v) is 8.71. The lowest BCUT2D eigenvalue weighted by Gasteiger charge is -2.17. The lowest BCUT2D eigenvalue weighted by Crippen LogP contribution is -2.12. The van der Waals surface area contributed by atoms with Crippen LogP contribution >= 0.6 is 23.4 Å². The maximum absolute atomic E-state index is 13.5. The number of H-pyrrole nitrogens is 1. The van der Waals surface area contributed by atoms with E-state index in [1.54, 1.807) is 12.1 Å². The maximum atomic E-state index is 13.5. The zero-order chi connectivity index (χ0) is 24.6. The van der Waals surface area contributed by atoms with Crippen molar-refractivity contribution in [3.8, 4) is 16.9 Å². The first-order valence-electron chi connectivity index (χ1n) is 9.71. The average Bonchev–Trinajstić information content (AvgIpc) is 2.79. The summed E-state index contributed by atoms with van der Waals surface area (Å²) < 4.78 is 46.0. The van der Waals surface area contributed by atoms with Crippen LogP contribution in [0.3, 0.4) is 0 Å². The fraction of sp³-hybridized carbons (Fsp3) is 0.0833. The van der Waals surface area contributed by atoms with E-state index >= 15 is 0 Å². The number of pyridine rings is 1. The van der Waals surface area contributed by atoms with Crippen molar-refractivity contribution in [3.63, 3.8) is 0 Å². The summed E-state index contributed by atoms with van der Waals surface area (Å²) in [6, 6.07) is 13.5. The molecule has 3 aromatic carbocycles. The molecule has 0 saturated heterocycles. The summed E-state index contributed by atoms with van der Waals surface area (Å²) in [7, 11) is 1.40. The highest BCUT2D eigenvalue weighted by Crippen LogP contribution is 2.43. The summed E-state index contributed by atoms with van der Waals surface area (Å²) >= 11 is 7.19. The van der Waals surface area contributed by atoms with Crippen LogP contribution in [-0.4, -0.2) is 23.2 Å². The minimum Gasteiger partial charge on any atom is -0.496 e. The summed E-state index contributed by atoms with van der Waals surface area (Å²) in [4.78, 5) is 27.5. The number of aromatic amines is 1. The molecular weight excluding hydrogens is 491 g/mol. The number of alkyl halides is 3. The normalized spacial score (nSPS) is 11.6. The van der Waals surface area contributed by atoms with E-state index in [0.717, 1.165) is 23.9 Å². The van der Waals surface area contributed by atoms with E-state index in [0.29, 0.717) is 21.2 Å². The van der Waals surface area contributed by atoms with Crippen LogP contribution in [0.5, 0.6) is 5.75 Å². The molecule has 174 valence electrons. The molecule has 0 spiro atoms. The molecule has 1 aromatic heterocycles. The number of benzene rings is 3. The maximum Gasteiger partial charge on any atom is 0.416 e. The Labute approximate surface area is 200 Å². The Balaban J connectivity index is 2.04. The van der Waals surface area contributed by atoms with Crippen LogP contribution < -0.4 is 10.3 Å². The molecule has 0 amide bonds. The Morgan fingerprint density at radius 3 is 2.38 bits per heavy atom. The number of halogens is 4. The molecule has 0 radical (unpaired) electrons. The molecular formula is C24H15ClF3NO4S. The molecule has 0 atom stereocenters. The number of nitrogens with one attached hydrogen (secondary N) is 1. The number of aromatic nitrogens is 1. The molecule has 1 heterocycles. The van der Waals surface area contributed by atoms with Gasteiger partial charge in [0.1, 0.15) is 5.75 Å². The van der Waals surface area contributed by atoms with Gasteiger partial charge in [-0.1, -0.05) is 23.4 Å². The minimum atomic E-state index is -4.60. The van der Waals surface area contributed by atoms with Crippen molar-refractivity contribution in [3.05, 3.63) is 87.2 Å². The van der Waals surface area contributed by atoms with E-state index in [2.05, 4.69) is 4.98 Å². The van der Waals surface area contributed by atoms with Crippen LogP contribution in [0.2, 0.25) is 5.02 Å². The van der Waals surface area contributed by atoms with Gasteiger partial charge in [0.25, 0.3) is 5.56 Å². The van der Waals surface area contributed by atoms with Gasteiger partial charge >= 0.3 is 12.1 Å². The Morgan fingerprint density at radius 1 is 1.06 bits per heavy atom. The van der Waals surface area contributed by atoms with E-state index in [-0.39, 0.29) is 26.9 Å². The molecule has 2 N–H and O–H groups in total. The third kappa shape index (κ3) is 4.62. The second-order valence-electron chi connectivity index (χ2n) is 7.19. The molecule has 0 fully saturated rings. The van der Waals surface area contributed by atoms with Gasteiger partial charge in [0, 0.05) is 31.9 Å². The van der Waals surface area contributed by atoms with Crippen LogP contribution in [-0.2, 0) is 6.18 Å². The lowest BCUT2D eigenvalue weighted by atomic mass is 9.98. The zero-order valence-corrected chi connectivity index (χ0v) is 18.9. The predicted molar refractivity (Wildman–Crippen MR) is 124 cm³/mol. The van der Waals surface area contributed by atoms with E-state index < -0.39 is 23.3 Å². The third-order valence-electron chi connectivity index (χ3n) is 5.05. The summed E-state index contributed by atoms with van der Waals surface area (Å²) in [5.41, 5.74) is -0.580. The molecule has 0 aliphatic rings. The quantitative estimate of drug-likeness (QED) is 0.314. The summed E-state index contributed by atoms with van der Waals surface area (Å²) in [5.74, 6) is -0.791. The van der Waals surface area contributed by atoms with E-state index in [1.165, 1.54) is 43.5 Å². The van der Waals surface area contributed by atoms with Crippen molar-refractivity contribution in [2.45, 2.75) is 16.0 Å². The molecule has 0 aliphatic carbocycles. The van der Waals surface area contributed by atoms with Crippen molar-refractivity contribution in [1.29, 1.82) is 0 Å². The van der Waals surface area contributed by atoms with Crippen LogP contribution in [0, 0.1) is 0 Å². The van der Waals surface area contributed by atoms with Crippen LogP contribution in [0.15, 0.2) is 75.2 Å². The molecule has 0 unspecified atom stereocenters. The van der Waals surface area contributed by atoms with Gasteiger partial charge in [-0.2, -0.15) is 13.2 Å². The van der Waals surface area contributed by atoms with Crippen LogP contribution in [0.25, 0.3) is 22.0 Å². The molecule has 0 aliphatic heterocycles. The number of carboxylic acid groups (broad SMARTS) is 1. The Bertz CT molecular complexity index is 1470. The second kappa shape index (κ2) is 9.08. The van der Waals surface area contributed by atoms with Gasteiger partial charge in [-0.3, -0.25) is 4.79 Å². The van der Waals surface area contributed by atoms with Gasteiger partial charge in [0.2, 0.25) is 0 Å². The molecule has 0 saturated carbocycles. The van der Waals surface area contributed by atoms with Gasteiger partial charge in [0.15, 0.2) is 0 Å². The number of carbonyl (C=O) groups is 1. The molecule has 4 rings (SSSR count). The molecule has 34 heavy (non-hydrogen) atoms. The van der Waals surface area contributed by atoms with Crippen molar-refractivity contribution < 1.29 is 27.8 Å². The van der Waals surface area contributed by atoms with E-state index in [9.17, 15) is 22.8 Å². The van der Waals surface area contributed by atoms with E-state index in [4.69, 9.17) is 21.4 Å². The highest BCUT2D eigenvalue weighted by molar-refractivity contribution is 7.99. The highest BCUT2D eigenvalue weighted by Gasteiger charge is 2.31. The highest BCUT2D eigenvalue weighted by atomic mass is 35.5. The monoisotopic (exact) mass is 505 g/mol. The van der Waals surface area contributed by atoms with Gasteiger partial charge in [-0.25, -0.2) is 4.79 Å². The van der Waals surface area contributed by atoms with Crippen molar-refractivity contribution >= 4 is 40.2 Å². The number of rotatable bonds is 5. The summed E-state index contributed by atoms with van der Waals surface area (Å²) in [6.07, 6.45) is -4.60. The first-order valence-corrected chi connectivity index (χ1v) is 10.9. The van der Waals surface area contributed by atoms with Crippen LogP contribution in [0.4, 0.5) is 13.2 Å². The number of ether oxygens (including phenoxy) is 1. The van der Waals surface area contributed by atoms with Crippen molar-refractivity contribution in [1.82, 2.24) is 4.98 Å². The minimum absolute atomic E-state index is 0.0586. The summed E-state index contributed by atoms with van der Waals surface area (Å²) in [5, 5.41) is 9.57. The first kappa shape index (κ1) is 23.7. The SMILES string of the molecule is COc1ccc(Cl)cc1-c1c(Sc2ccc(C(=O)O)cc2)c(=O)[nH]c2ccc(C(F)(F)F)cc12. The molecule has 10 heteroatoms. The molecule has 0 bridgehead atoms. The lowest BCUT2D eigenvalue weighted by molar-refractivity contribution is -0.137. The predicted octanol–water partition coefficient (Wildman–Crippen LogP) is 6.73. The number of hydrogen-bond acceptors (Lipinski definition) is 4. The molecule has 4 aromatic rings. The standard InChI is InChI=1S/C24H15ClF3NO4S/c1-33-19-9-5-14(25)11-17(19)20-16-10-13(24(26,27)28)4-8-18(16)29-22(30)21(20)34-15-6-2-12(3-7-15)23(31)32/h2-11H,1H3,(H,29,30)(H,31,32). The third-order valence-corrected chi connectivity index (χ3v) is 6.39. The van der Waals surface area contributed by atoms with Crippen molar-refractivity contribution in [2.24, 2.45) is 0 Å². The number of hydrogen-bond donors (Lipinski definition) is 2. The van der Waals surface area contributed by atoms with Crippen molar-refractivity contribution in [2.75, 3.05) is 7.11 Å². The number of aromatic carboxylic acids is 1. The molecule has 5 nitrogen and oxygen atoms in total. The van der Waals surface area contributed by atoms with Crippen LogP contribution in [0.1, 0.15) is 15.9 Å². The van der Waals surface area contributed by atoms with E-state index in [1.807, 2.05) is 0 Å². The Morgan fingerprint density at radius 2 is 1.76 bits per heavy atom. The summed E-state index contributed by atoms with van der Waals surface area (Å²) in [6.45, 7) is 0. The number of carboxylic acids is 1. The smallest absolute Gasteiger partial charge is 0.416 e. The fourth-order valence-electron chi connectivity index (χ4n) is 3.48. The Hall–Kier alpha value is -3.43. The first-order chi connectivity index (χ1) is 16.1. The van der Waals surface area contributed by atoms with Gasteiger partial charge in [0.05, 0.1) is 23.1 Å².